The predicted octanol–water partition coefficient (Wildman–Crippen LogP) is 2.51. The van der Waals surface area contributed by atoms with E-state index in [1.807, 2.05) is 6.92 Å². The van der Waals surface area contributed by atoms with Crippen LogP contribution in [0.4, 0.5) is 5.69 Å². The summed E-state index contributed by atoms with van der Waals surface area (Å²) in [7, 11) is 2.14. The van der Waals surface area contributed by atoms with Crippen LogP contribution < -0.4 is 4.90 Å². The zero-order valence-electron chi connectivity index (χ0n) is 12.9. The Kier molecular flexibility index (Phi) is 3.66. The maximum atomic E-state index is 11.6. The smallest absolute Gasteiger partial charge is 0.323 e. The van der Waals surface area contributed by atoms with Crippen LogP contribution in [-0.2, 0) is 17.8 Å². The van der Waals surface area contributed by atoms with Crippen molar-refractivity contribution in [1.82, 2.24) is 4.90 Å². The Hall–Kier alpha value is -1.55. The molecule has 0 bridgehead atoms. The van der Waals surface area contributed by atoms with Crippen LogP contribution in [0.5, 0.6) is 0 Å². The van der Waals surface area contributed by atoms with Crippen molar-refractivity contribution in [1.29, 1.82) is 0 Å². The van der Waals surface area contributed by atoms with E-state index in [0.29, 0.717) is 0 Å². The van der Waals surface area contributed by atoms with Gasteiger partial charge in [-0.25, -0.2) is 0 Å². The number of benzene rings is 1. The zero-order valence-corrected chi connectivity index (χ0v) is 12.9. The first-order valence-corrected chi connectivity index (χ1v) is 7.82. The molecule has 2 aliphatic heterocycles. The highest BCUT2D eigenvalue weighted by Gasteiger charge is 2.43. The number of rotatable bonds is 3. The summed E-state index contributed by atoms with van der Waals surface area (Å²) in [5, 5.41) is 9.50. The van der Waals surface area contributed by atoms with Gasteiger partial charge in [-0.2, -0.15) is 0 Å². The molecule has 114 valence electrons. The third-order valence-electron chi connectivity index (χ3n) is 5.12. The van der Waals surface area contributed by atoms with Gasteiger partial charge in [-0.15, -0.1) is 0 Å². The Morgan fingerprint density at radius 1 is 1.33 bits per heavy atom. The van der Waals surface area contributed by atoms with Crippen molar-refractivity contribution in [2.75, 3.05) is 25.0 Å². The molecule has 1 unspecified atom stereocenters. The zero-order chi connectivity index (χ0) is 15.0. The lowest BCUT2D eigenvalue weighted by Crippen LogP contribution is -2.47. The van der Waals surface area contributed by atoms with Crippen molar-refractivity contribution in [2.45, 2.75) is 44.7 Å². The van der Waals surface area contributed by atoms with E-state index in [1.165, 1.54) is 23.2 Å². The summed E-state index contributed by atoms with van der Waals surface area (Å²) in [5.74, 6) is -0.697. The second-order valence-corrected chi connectivity index (χ2v) is 6.59. The molecule has 21 heavy (non-hydrogen) atoms. The number of fused-ring (bicyclic) bond motifs is 1. The summed E-state index contributed by atoms with van der Waals surface area (Å²) in [6, 6.07) is 6.62. The highest BCUT2D eigenvalue weighted by molar-refractivity contribution is 5.78. The maximum Gasteiger partial charge on any atom is 0.323 e. The van der Waals surface area contributed by atoms with E-state index in [2.05, 4.69) is 35.0 Å². The summed E-state index contributed by atoms with van der Waals surface area (Å²) in [4.78, 5) is 16.0. The van der Waals surface area contributed by atoms with Gasteiger partial charge in [0.2, 0.25) is 0 Å². The van der Waals surface area contributed by atoms with Crippen molar-refractivity contribution in [3.63, 3.8) is 0 Å². The van der Waals surface area contributed by atoms with Gasteiger partial charge in [0.25, 0.3) is 0 Å². The van der Waals surface area contributed by atoms with Gasteiger partial charge in [-0.3, -0.25) is 9.69 Å². The van der Waals surface area contributed by atoms with Gasteiger partial charge in [0.05, 0.1) is 0 Å². The number of anilines is 1. The van der Waals surface area contributed by atoms with E-state index in [-0.39, 0.29) is 0 Å². The van der Waals surface area contributed by atoms with Gasteiger partial charge in [0.1, 0.15) is 5.54 Å². The van der Waals surface area contributed by atoms with Crippen LogP contribution >= 0.6 is 0 Å². The first-order valence-electron chi connectivity index (χ1n) is 7.82. The Bertz CT molecular complexity index is 558. The number of carboxylic acid groups (broad SMARTS) is 1. The summed E-state index contributed by atoms with van der Waals surface area (Å²) < 4.78 is 0. The van der Waals surface area contributed by atoms with Crippen molar-refractivity contribution < 1.29 is 9.90 Å². The van der Waals surface area contributed by atoms with Crippen LogP contribution in [0.1, 0.15) is 37.3 Å². The molecule has 0 spiro atoms. The van der Waals surface area contributed by atoms with Crippen LogP contribution in [0, 0.1) is 0 Å². The van der Waals surface area contributed by atoms with E-state index >= 15 is 0 Å². The van der Waals surface area contributed by atoms with E-state index in [1.54, 1.807) is 0 Å². The summed E-state index contributed by atoms with van der Waals surface area (Å²) in [5.41, 5.74) is 3.26. The predicted molar refractivity (Wildman–Crippen MR) is 83.7 cm³/mol. The van der Waals surface area contributed by atoms with Crippen molar-refractivity contribution in [3.05, 3.63) is 29.3 Å². The van der Waals surface area contributed by atoms with Crippen LogP contribution in [0.15, 0.2) is 18.2 Å². The van der Waals surface area contributed by atoms with Gasteiger partial charge in [-0.05, 0) is 56.3 Å². The quantitative estimate of drug-likeness (QED) is 0.928. The Morgan fingerprint density at radius 2 is 2.14 bits per heavy atom. The number of carbonyl (C=O) groups is 1. The SMILES string of the molecule is CN1CCCc2cc(CN3CCCC3(C)C(=O)O)ccc21. The van der Waals surface area contributed by atoms with Crippen molar-refractivity contribution >= 4 is 11.7 Å². The van der Waals surface area contributed by atoms with Crippen LogP contribution in [0.2, 0.25) is 0 Å². The number of aryl methyl sites for hydroxylation is 1. The molecule has 0 saturated carbocycles. The molecule has 0 radical (unpaired) electrons. The normalized spacial score (nSPS) is 25.9. The minimum absolute atomic E-state index is 0.697. The van der Waals surface area contributed by atoms with Crippen molar-refractivity contribution in [2.24, 2.45) is 0 Å². The number of nitrogens with zero attached hydrogens (tertiary/aromatic N) is 2. The minimum atomic E-state index is -0.702. The standard InChI is InChI=1S/C17H24N2O2/c1-17(16(20)21)8-4-10-19(17)12-13-6-7-15-14(11-13)5-3-9-18(15)2/h6-7,11H,3-5,8-10,12H2,1-2H3,(H,20,21). The molecular weight excluding hydrogens is 264 g/mol. The molecule has 0 amide bonds. The lowest BCUT2D eigenvalue weighted by Gasteiger charge is -2.32. The molecule has 2 aliphatic rings. The first-order chi connectivity index (χ1) is 10.0. The molecular formula is C17H24N2O2. The molecule has 1 aromatic rings. The molecule has 0 aliphatic carbocycles. The first kappa shape index (κ1) is 14.4. The fraction of sp³-hybridized carbons (Fsp3) is 0.588. The lowest BCUT2D eigenvalue weighted by atomic mass is 9.97. The molecule has 1 N–H and O–H groups in total. The Labute approximate surface area is 126 Å². The Morgan fingerprint density at radius 3 is 2.90 bits per heavy atom. The van der Waals surface area contributed by atoms with E-state index in [0.717, 1.165) is 38.9 Å². The molecule has 1 atom stereocenters. The largest absolute Gasteiger partial charge is 0.480 e. The van der Waals surface area contributed by atoms with Gasteiger partial charge in [-0.1, -0.05) is 12.1 Å². The molecule has 3 rings (SSSR count). The van der Waals surface area contributed by atoms with Gasteiger partial charge in [0, 0.05) is 25.8 Å². The maximum absolute atomic E-state index is 11.6. The fourth-order valence-corrected chi connectivity index (χ4v) is 3.67. The van der Waals surface area contributed by atoms with Crippen LogP contribution in [0.25, 0.3) is 0 Å². The molecule has 1 fully saturated rings. The third-order valence-corrected chi connectivity index (χ3v) is 5.12. The molecule has 2 heterocycles. The average Bonchev–Trinajstić information content (AvgIpc) is 2.82. The number of aliphatic carboxylic acids is 1. The summed E-state index contributed by atoms with van der Waals surface area (Å²) >= 11 is 0. The molecule has 1 saturated heterocycles. The Balaban J connectivity index is 1.81. The minimum Gasteiger partial charge on any atom is -0.480 e. The lowest BCUT2D eigenvalue weighted by molar-refractivity contribution is -0.148. The number of hydrogen-bond acceptors (Lipinski definition) is 3. The third kappa shape index (κ3) is 2.53. The van der Waals surface area contributed by atoms with Gasteiger partial charge < -0.3 is 10.0 Å². The number of hydrogen-bond donors (Lipinski definition) is 1. The molecule has 4 nitrogen and oxygen atoms in total. The number of likely N-dealkylation sites (tertiary alicyclic amines) is 1. The second-order valence-electron chi connectivity index (χ2n) is 6.59. The topological polar surface area (TPSA) is 43.8 Å². The monoisotopic (exact) mass is 288 g/mol. The summed E-state index contributed by atoms with van der Waals surface area (Å²) in [6.45, 7) is 4.59. The van der Waals surface area contributed by atoms with Crippen LogP contribution in [0.3, 0.4) is 0 Å². The number of carboxylic acids is 1. The second kappa shape index (κ2) is 5.34. The van der Waals surface area contributed by atoms with Gasteiger partial charge >= 0.3 is 5.97 Å². The molecule has 1 aromatic carbocycles. The summed E-state index contributed by atoms with van der Waals surface area (Å²) in [6.07, 6.45) is 4.04. The highest BCUT2D eigenvalue weighted by Crippen LogP contribution is 2.32. The highest BCUT2D eigenvalue weighted by atomic mass is 16.4. The fourth-order valence-electron chi connectivity index (χ4n) is 3.67. The van der Waals surface area contributed by atoms with Gasteiger partial charge in [0.15, 0.2) is 0 Å². The van der Waals surface area contributed by atoms with Crippen LogP contribution in [-0.4, -0.2) is 41.7 Å². The molecule has 4 heteroatoms. The van der Waals surface area contributed by atoms with E-state index in [4.69, 9.17) is 0 Å². The molecule has 0 aromatic heterocycles. The van der Waals surface area contributed by atoms with Crippen molar-refractivity contribution in [3.8, 4) is 0 Å². The van der Waals surface area contributed by atoms with E-state index < -0.39 is 11.5 Å². The van der Waals surface area contributed by atoms with E-state index in [9.17, 15) is 9.90 Å². The average molecular weight is 288 g/mol.